The van der Waals surface area contributed by atoms with E-state index in [9.17, 15) is 0 Å². The van der Waals surface area contributed by atoms with Crippen LogP contribution in [0.5, 0.6) is 0 Å². The number of rotatable bonds is 3. The number of nitrogens with zero attached hydrogens (tertiary/aromatic N) is 3. The number of aromatic nitrogens is 1. The molecular weight excluding hydrogens is 280 g/mol. The van der Waals surface area contributed by atoms with Gasteiger partial charge in [0, 0.05) is 50.3 Å². The summed E-state index contributed by atoms with van der Waals surface area (Å²) in [6, 6.07) is 0.398. The van der Waals surface area contributed by atoms with Crippen molar-refractivity contribution in [2.75, 3.05) is 37.6 Å². The number of thiazole rings is 1. The molecule has 2 heterocycles. The van der Waals surface area contributed by atoms with Crippen molar-refractivity contribution in [1.29, 1.82) is 0 Å². The molecule has 2 aliphatic rings. The molecule has 1 aromatic heterocycles. The van der Waals surface area contributed by atoms with Crippen LogP contribution >= 0.6 is 11.3 Å². The van der Waals surface area contributed by atoms with Crippen LogP contribution in [-0.2, 0) is 0 Å². The molecule has 2 atom stereocenters. The van der Waals surface area contributed by atoms with Crippen molar-refractivity contribution in [3.63, 3.8) is 0 Å². The second-order valence-corrected chi connectivity index (χ2v) is 8.31. The van der Waals surface area contributed by atoms with Gasteiger partial charge in [-0.05, 0) is 30.6 Å². The van der Waals surface area contributed by atoms with Crippen LogP contribution in [0.25, 0.3) is 0 Å². The predicted molar refractivity (Wildman–Crippen MR) is 89.9 cm³/mol. The number of nitrogens with two attached hydrogens (primary N) is 1. The molecule has 4 nitrogen and oxygen atoms in total. The summed E-state index contributed by atoms with van der Waals surface area (Å²) in [4.78, 5) is 9.43. The van der Waals surface area contributed by atoms with Crippen LogP contribution in [0.15, 0.2) is 11.6 Å². The van der Waals surface area contributed by atoms with Gasteiger partial charge in [0.1, 0.15) is 0 Å². The minimum Gasteiger partial charge on any atom is -0.346 e. The molecule has 1 aliphatic heterocycles. The summed E-state index contributed by atoms with van der Waals surface area (Å²) in [6.45, 7) is 10.4. The second-order valence-electron chi connectivity index (χ2n) is 7.43. The summed E-state index contributed by atoms with van der Waals surface area (Å²) in [5, 5.41) is 3.23. The second kappa shape index (κ2) is 6.23. The topological polar surface area (TPSA) is 45.4 Å². The molecule has 1 saturated carbocycles. The number of hydrogen-bond donors (Lipinski definition) is 1. The summed E-state index contributed by atoms with van der Waals surface area (Å²) in [5.41, 5.74) is 6.85. The van der Waals surface area contributed by atoms with Crippen molar-refractivity contribution in [3.05, 3.63) is 11.6 Å². The molecule has 1 aromatic rings. The molecule has 1 aliphatic carbocycles. The third kappa shape index (κ3) is 3.76. The van der Waals surface area contributed by atoms with Crippen molar-refractivity contribution >= 4 is 16.5 Å². The van der Waals surface area contributed by atoms with Gasteiger partial charge in [-0.15, -0.1) is 11.3 Å². The molecule has 0 radical (unpaired) electrons. The van der Waals surface area contributed by atoms with E-state index in [-0.39, 0.29) is 0 Å². The van der Waals surface area contributed by atoms with Crippen LogP contribution < -0.4 is 10.6 Å². The molecule has 21 heavy (non-hydrogen) atoms. The van der Waals surface area contributed by atoms with E-state index in [1.165, 1.54) is 30.9 Å². The summed E-state index contributed by atoms with van der Waals surface area (Å²) < 4.78 is 0. The monoisotopic (exact) mass is 308 g/mol. The van der Waals surface area contributed by atoms with Gasteiger partial charge >= 0.3 is 0 Å². The van der Waals surface area contributed by atoms with Gasteiger partial charge in [-0.3, -0.25) is 4.90 Å². The third-order valence-electron chi connectivity index (χ3n) is 5.13. The van der Waals surface area contributed by atoms with Crippen molar-refractivity contribution < 1.29 is 0 Å². The Morgan fingerprint density at radius 2 is 2.10 bits per heavy atom. The maximum Gasteiger partial charge on any atom is 0.185 e. The minimum absolute atomic E-state index is 0.398. The summed E-state index contributed by atoms with van der Waals surface area (Å²) in [5.74, 6) is 0.667. The molecule has 2 fully saturated rings. The number of piperazine rings is 1. The van der Waals surface area contributed by atoms with Crippen molar-refractivity contribution in [2.45, 2.75) is 39.2 Å². The highest BCUT2D eigenvalue weighted by Crippen LogP contribution is 2.38. The summed E-state index contributed by atoms with van der Waals surface area (Å²) in [6.07, 6.45) is 5.65. The first-order valence-electron chi connectivity index (χ1n) is 8.16. The largest absolute Gasteiger partial charge is 0.346 e. The van der Waals surface area contributed by atoms with E-state index >= 15 is 0 Å². The fourth-order valence-electron chi connectivity index (χ4n) is 3.78. The minimum atomic E-state index is 0.398. The fraction of sp³-hybridized carbons (Fsp3) is 0.812. The van der Waals surface area contributed by atoms with E-state index in [0.717, 1.165) is 26.2 Å². The zero-order valence-corrected chi connectivity index (χ0v) is 14.1. The van der Waals surface area contributed by atoms with Gasteiger partial charge < -0.3 is 10.6 Å². The Labute approximate surface area is 132 Å². The van der Waals surface area contributed by atoms with Gasteiger partial charge in [0.05, 0.1) is 0 Å². The van der Waals surface area contributed by atoms with Crippen molar-refractivity contribution in [1.82, 2.24) is 9.88 Å². The zero-order chi connectivity index (χ0) is 14.9. The van der Waals surface area contributed by atoms with Gasteiger partial charge in [0.25, 0.3) is 0 Å². The van der Waals surface area contributed by atoms with Crippen molar-refractivity contribution in [3.8, 4) is 0 Å². The van der Waals surface area contributed by atoms with Gasteiger partial charge in [-0.25, -0.2) is 4.98 Å². The lowest BCUT2D eigenvalue weighted by atomic mass is 9.70. The molecule has 1 saturated heterocycles. The molecule has 2 unspecified atom stereocenters. The number of anilines is 1. The average Bonchev–Trinajstić information content (AvgIpc) is 2.98. The van der Waals surface area contributed by atoms with Crippen LogP contribution in [-0.4, -0.2) is 48.6 Å². The molecule has 0 spiro atoms. The molecular formula is C16H28N4S. The first-order valence-corrected chi connectivity index (χ1v) is 9.04. The highest BCUT2D eigenvalue weighted by Gasteiger charge is 2.34. The van der Waals surface area contributed by atoms with Gasteiger partial charge in [0.2, 0.25) is 0 Å². The molecule has 3 rings (SSSR count). The number of hydrogen-bond acceptors (Lipinski definition) is 5. The smallest absolute Gasteiger partial charge is 0.185 e. The fourth-order valence-corrected chi connectivity index (χ4v) is 4.48. The standard InChI is InChI=1S/C16H28N4S/c1-16(2)4-3-14(17)13(11-16)12-19-6-8-20(9-7-19)15-18-5-10-21-15/h5,10,13-14H,3-4,6-9,11-12,17H2,1-2H3. The van der Waals surface area contributed by atoms with Crippen molar-refractivity contribution in [2.24, 2.45) is 17.1 Å². The lowest BCUT2D eigenvalue weighted by molar-refractivity contribution is 0.112. The van der Waals surface area contributed by atoms with Gasteiger partial charge in [-0.1, -0.05) is 13.8 Å². The van der Waals surface area contributed by atoms with Crippen LogP contribution in [0.2, 0.25) is 0 Å². The van der Waals surface area contributed by atoms with Gasteiger partial charge in [0.15, 0.2) is 5.13 Å². The van der Waals surface area contributed by atoms with E-state index in [1.54, 1.807) is 11.3 Å². The Bertz CT molecular complexity index is 437. The molecule has 0 aromatic carbocycles. The normalized spacial score (nSPS) is 30.5. The molecule has 0 bridgehead atoms. The maximum atomic E-state index is 6.38. The quantitative estimate of drug-likeness (QED) is 0.931. The lowest BCUT2D eigenvalue weighted by Gasteiger charge is -2.43. The highest BCUT2D eigenvalue weighted by molar-refractivity contribution is 7.13. The predicted octanol–water partition coefficient (Wildman–Crippen LogP) is 2.42. The Morgan fingerprint density at radius 3 is 2.76 bits per heavy atom. The molecule has 5 heteroatoms. The summed E-state index contributed by atoms with van der Waals surface area (Å²) in [7, 11) is 0. The van der Waals surface area contributed by atoms with E-state index in [4.69, 9.17) is 5.73 Å². The summed E-state index contributed by atoms with van der Waals surface area (Å²) >= 11 is 1.74. The SMILES string of the molecule is CC1(C)CCC(N)C(CN2CCN(c3nccs3)CC2)C1. The van der Waals surface area contributed by atoms with E-state index in [2.05, 4.69) is 34.0 Å². The Kier molecular flexibility index (Phi) is 4.52. The maximum absolute atomic E-state index is 6.38. The Hall–Kier alpha value is -0.650. The Balaban J connectivity index is 1.51. The molecule has 118 valence electrons. The van der Waals surface area contributed by atoms with E-state index in [1.807, 2.05) is 6.20 Å². The van der Waals surface area contributed by atoms with E-state index < -0.39 is 0 Å². The first kappa shape index (κ1) is 15.3. The van der Waals surface area contributed by atoms with Gasteiger partial charge in [-0.2, -0.15) is 0 Å². The van der Waals surface area contributed by atoms with Crippen LogP contribution in [0, 0.1) is 11.3 Å². The highest BCUT2D eigenvalue weighted by atomic mass is 32.1. The van der Waals surface area contributed by atoms with Crippen LogP contribution in [0.1, 0.15) is 33.1 Å². The average molecular weight is 308 g/mol. The zero-order valence-electron chi connectivity index (χ0n) is 13.3. The van der Waals surface area contributed by atoms with E-state index in [0.29, 0.717) is 17.4 Å². The van der Waals surface area contributed by atoms with Crippen LogP contribution in [0.4, 0.5) is 5.13 Å². The Morgan fingerprint density at radius 1 is 1.33 bits per heavy atom. The molecule has 0 amide bonds. The first-order chi connectivity index (χ1) is 10.0. The lowest BCUT2D eigenvalue weighted by Crippen LogP contribution is -2.51. The molecule has 2 N–H and O–H groups in total. The van der Waals surface area contributed by atoms with Crippen LogP contribution in [0.3, 0.4) is 0 Å². The third-order valence-corrected chi connectivity index (χ3v) is 5.96.